The fourth-order valence-electron chi connectivity index (χ4n) is 4.06. The molecule has 1 heterocycles. The van der Waals surface area contributed by atoms with Crippen molar-refractivity contribution in [2.45, 2.75) is 31.3 Å². The van der Waals surface area contributed by atoms with Crippen LogP contribution in [0.1, 0.15) is 35.6 Å². The number of carboxylic acid groups (broad SMARTS) is 1. The summed E-state index contributed by atoms with van der Waals surface area (Å²) in [5, 5.41) is 14.2. The Kier molecular flexibility index (Phi) is 7.32. The van der Waals surface area contributed by atoms with E-state index in [9.17, 15) is 14.4 Å². The van der Waals surface area contributed by atoms with Gasteiger partial charge in [0.15, 0.2) is 4.67 Å². The lowest BCUT2D eigenvalue weighted by Crippen LogP contribution is -2.47. The molecular weight excluding hydrogens is 504 g/mol. The number of alkyl carbamates (subject to hydrolysis) is 1. The van der Waals surface area contributed by atoms with Gasteiger partial charge in [-0.2, -0.15) is 0 Å². The number of nitrogens with one attached hydrogen (secondary N) is 2. The number of hydrogen-bond acceptors (Lipinski definition) is 5. The third-order valence-electron chi connectivity index (χ3n) is 5.66. The molecule has 4 rings (SSSR count). The molecule has 1 atom stereocenters. The summed E-state index contributed by atoms with van der Waals surface area (Å²) >= 11 is 3.19. The number of furan rings is 1. The van der Waals surface area contributed by atoms with Gasteiger partial charge in [-0.1, -0.05) is 48.5 Å². The van der Waals surface area contributed by atoms with Crippen LogP contribution in [0.3, 0.4) is 0 Å². The standard InChI is InChI=1S/C25H23BrN2O6/c26-22-11-9-15(34-22)13-27-24(31)21(10-12-23(29)30)28-25(32)33-14-20-18-7-3-1-5-16(18)17-6-2-4-8-19(17)20/h1-9,11,20-21H,10,12-14H2,(H,27,31)(H,28,32)(H,29,30). The van der Waals surface area contributed by atoms with Gasteiger partial charge in [-0.3, -0.25) is 9.59 Å². The van der Waals surface area contributed by atoms with Crippen molar-refractivity contribution in [3.8, 4) is 11.1 Å². The molecule has 3 N–H and O–H groups in total. The molecule has 0 fully saturated rings. The Bertz CT molecular complexity index is 1160. The van der Waals surface area contributed by atoms with Crippen LogP contribution in [-0.2, 0) is 20.9 Å². The molecule has 0 aliphatic heterocycles. The molecule has 0 bridgehead atoms. The van der Waals surface area contributed by atoms with E-state index in [0.29, 0.717) is 10.4 Å². The first-order chi connectivity index (χ1) is 16.4. The van der Waals surface area contributed by atoms with Crippen molar-refractivity contribution >= 4 is 33.9 Å². The zero-order chi connectivity index (χ0) is 24.1. The Labute approximate surface area is 204 Å². The number of carbonyl (C=O) groups is 3. The van der Waals surface area contributed by atoms with Gasteiger partial charge < -0.3 is 24.9 Å². The van der Waals surface area contributed by atoms with Crippen LogP contribution >= 0.6 is 15.9 Å². The van der Waals surface area contributed by atoms with Crippen LogP contribution in [0.2, 0.25) is 0 Å². The van der Waals surface area contributed by atoms with E-state index in [1.54, 1.807) is 12.1 Å². The van der Waals surface area contributed by atoms with Gasteiger partial charge in [0.1, 0.15) is 18.4 Å². The molecule has 1 aliphatic rings. The van der Waals surface area contributed by atoms with Crippen molar-refractivity contribution in [2.24, 2.45) is 0 Å². The molecule has 2 aromatic carbocycles. The second-order valence-corrected chi connectivity index (χ2v) is 8.66. The summed E-state index contributed by atoms with van der Waals surface area (Å²) in [6, 6.07) is 18.3. The molecule has 0 saturated carbocycles. The molecule has 0 radical (unpaired) electrons. The number of rotatable bonds is 9. The zero-order valence-electron chi connectivity index (χ0n) is 18.1. The highest BCUT2D eigenvalue weighted by molar-refractivity contribution is 9.10. The monoisotopic (exact) mass is 526 g/mol. The van der Waals surface area contributed by atoms with E-state index in [4.69, 9.17) is 14.3 Å². The summed E-state index contributed by atoms with van der Waals surface area (Å²) in [4.78, 5) is 36.2. The minimum Gasteiger partial charge on any atom is -0.481 e. The van der Waals surface area contributed by atoms with Gasteiger partial charge in [0.25, 0.3) is 0 Å². The topological polar surface area (TPSA) is 118 Å². The van der Waals surface area contributed by atoms with Crippen molar-refractivity contribution < 1.29 is 28.6 Å². The van der Waals surface area contributed by atoms with Gasteiger partial charge >= 0.3 is 12.1 Å². The fourth-order valence-corrected chi connectivity index (χ4v) is 4.40. The van der Waals surface area contributed by atoms with Gasteiger partial charge in [-0.15, -0.1) is 0 Å². The zero-order valence-corrected chi connectivity index (χ0v) is 19.7. The average molecular weight is 527 g/mol. The minimum atomic E-state index is -1.07. The number of ether oxygens (including phenoxy) is 1. The van der Waals surface area contributed by atoms with Crippen molar-refractivity contribution in [2.75, 3.05) is 6.61 Å². The summed E-state index contributed by atoms with van der Waals surface area (Å²) in [6.07, 6.45) is -1.14. The number of fused-ring (bicyclic) bond motifs is 3. The number of amides is 2. The van der Waals surface area contributed by atoms with Crippen molar-refractivity contribution in [3.05, 3.63) is 82.2 Å². The number of carboxylic acids is 1. The molecule has 0 saturated heterocycles. The maximum atomic E-state index is 12.6. The van der Waals surface area contributed by atoms with Crippen LogP contribution < -0.4 is 10.6 Å². The Morgan fingerprint density at radius 1 is 1.00 bits per heavy atom. The molecular formula is C25H23BrN2O6. The van der Waals surface area contributed by atoms with E-state index in [2.05, 4.69) is 26.6 Å². The molecule has 176 valence electrons. The first-order valence-corrected chi connectivity index (χ1v) is 11.6. The molecule has 1 aromatic heterocycles. The normalized spacial score (nSPS) is 13.0. The summed E-state index contributed by atoms with van der Waals surface area (Å²) in [7, 11) is 0. The first-order valence-electron chi connectivity index (χ1n) is 10.8. The number of hydrogen-bond donors (Lipinski definition) is 3. The number of halogens is 1. The number of benzene rings is 2. The predicted molar refractivity (Wildman–Crippen MR) is 127 cm³/mol. The molecule has 3 aromatic rings. The van der Waals surface area contributed by atoms with E-state index in [0.717, 1.165) is 22.3 Å². The van der Waals surface area contributed by atoms with E-state index in [1.807, 2.05) is 48.5 Å². The molecule has 0 spiro atoms. The Hall–Kier alpha value is -3.59. The highest BCUT2D eigenvalue weighted by Gasteiger charge is 2.30. The van der Waals surface area contributed by atoms with Crippen LogP contribution in [0.25, 0.3) is 11.1 Å². The van der Waals surface area contributed by atoms with E-state index >= 15 is 0 Å². The van der Waals surface area contributed by atoms with E-state index < -0.39 is 24.0 Å². The van der Waals surface area contributed by atoms with E-state index in [-0.39, 0.29) is 31.9 Å². The van der Waals surface area contributed by atoms with Gasteiger partial charge in [-0.25, -0.2) is 4.79 Å². The van der Waals surface area contributed by atoms with Crippen LogP contribution in [0.4, 0.5) is 4.79 Å². The van der Waals surface area contributed by atoms with E-state index in [1.165, 1.54) is 0 Å². The second kappa shape index (κ2) is 10.6. The lowest BCUT2D eigenvalue weighted by atomic mass is 9.98. The third-order valence-corrected chi connectivity index (χ3v) is 6.09. The minimum absolute atomic E-state index is 0.0762. The van der Waals surface area contributed by atoms with Gasteiger partial charge in [-0.05, 0) is 56.7 Å². The van der Waals surface area contributed by atoms with Crippen molar-refractivity contribution in [1.29, 1.82) is 0 Å². The van der Waals surface area contributed by atoms with Gasteiger partial charge in [0, 0.05) is 12.3 Å². The summed E-state index contributed by atoms with van der Waals surface area (Å²) in [6.45, 7) is 0.188. The maximum Gasteiger partial charge on any atom is 0.407 e. The lowest BCUT2D eigenvalue weighted by molar-refractivity contribution is -0.137. The molecule has 1 unspecified atom stereocenters. The maximum absolute atomic E-state index is 12.6. The SMILES string of the molecule is O=C(O)CCC(NC(=O)OCC1c2ccccc2-c2ccccc21)C(=O)NCc1ccc(Br)o1. The highest BCUT2D eigenvalue weighted by atomic mass is 79.9. The van der Waals surface area contributed by atoms with Gasteiger partial charge in [0.2, 0.25) is 5.91 Å². The molecule has 9 heteroatoms. The highest BCUT2D eigenvalue weighted by Crippen LogP contribution is 2.44. The number of aliphatic carboxylic acids is 1. The molecule has 1 aliphatic carbocycles. The predicted octanol–water partition coefficient (Wildman–Crippen LogP) is 4.43. The Balaban J connectivity index is 1.38. The second-order valence-electron chi connectivity index (χ2n) is 7.88. The molecule has 34 heavy (non-hydrogen) atoms. The van der Waals surface area contributed by atoms with Crippen molar-refractivity contribution in [1.82, 2.24) is 10.6 Å². The summed E-state index contributed by atoms with van der Waals surface area (Å²) in [5.41, 5.74) is 4.35. The van der Waals surface area contributed by atoms with Crippen LogP contribution in [0, 0.1) is 0 Å². The fraction of sp³-hybridized carbons (Fsp3) is 0.240. The lowest BCUT2D eigenvalue weighted by Gasteiger charge is -2.19. The van der Waals surface area contributed by atoms with Crippen LogP contribution in [0.15, 0.2) is 69.8 Å². The molecule has 2 amide bonds. The first kappa shape index (κ1) is 23.6. The molecule has 8 nitrogen and oxygen atoms in total. The quantitative estimate of drug-likeness (QED) is 0.379. The van der Waals surface area contributed by atoms with Gasteiger partial charge in [0.05, 0.1) is 6.54 Å². The Morgan fingerprint density at radius 3 is 2.24 bits per heavy atom. The number of carbonyl (C=O) groups excluding carboxylic acids is 2. The Morgan fingerprint density at radius 2 is 1.65 bits per heavy atom. The smallest absolute Gasteiger partial charge is 0.407 e. The van der Waals surface area contributed by atoms with Crippen LogP contribution in [-0.4, -0.2) is 35.7 Å². The van der Waals surface area contributed by atoms with Crippen molar-refractivity contribution in [3.63, 3.8) is 0 Å². The summed E-state index contributed by atoms with van der Waals surface area (Å²) in [5.74, 6) is -1.20. The third kappa shape index (κ3) is 5.48. The summed E-state index contributed by atoms with van der Waals surface area (Å²) < 4.78 is 11.4. The largest absolute Gasteiger partial charge is 0.481 e. The average Bonchev–Trinajstić information content (AvgIpc) is 3.39. The van der Waals surface area contributed by atoms with Crippen LogP contribution in [0.5, 0.6) is 0 Å².